The Morgan fingerprint density at radius 2 is 1.07 bits per heavy atom. The number of sulfonamides is 1. The summed E-state index contributed by atoms with van der Waals surface area (Å²) in [6.07, 6.45) is 0.691. The Balaban J connectivity index is 0.000000154. The Morgan fingerprint density at radius 3 is 1.58 bits per heavy atom. The molecule has 0 bridgehead atoms. The van der Waals surface area contributed by atoms with Crippen molar-refractivity contribution in [3.8, 4) is 0 Å². The molecule has 6 aliphatic rings. The van der Waals surface area contributed by atoms with Crippen molar-refractivity contribution in [3.63, 3.8) is 0 Å². The molecule has 17 heteroatoms. The summed E-state index contributed by atoms with van der Waals surface area (Å²) in [5, 5.41) is 23.5. The number of hydrogen-bond donors (Lipinski definition) is 0. The first-order chi connectivity index (χ1) is 20.4. The Labute approximate surface area is 284 Å². The second-order valence-corrected chi connectivity index (χ2v) is 23.1. The van der Waals surface area contributed by atoms with Gasteiger partial charge in [0.05, 0.1) is 12.3 Å². The molecular weight excluding hydrogens is 673 g/mol. The highest BCUT2D eigenvalue weighted by Crippen LogP contribution is 2.40. The van der Waals surface area contributed by atoms with Gasteiger partial charge in [-0.25, -0.2) is 21.1 Å². The van der Waals surface area contributed by atoms with E-state index in [0.717, 1.165) is 29.7 Å². The van der Waals surface area contributed by atoms with Gasteiger partial charge in [-0.2, -0.15) is 15.3 Å². The molecule has 6 heterocycles. The quantitative estimate of drug-likeness (QED) is 0.359. The third kappa shape index (κ3) is 9.46. The van der Waals surface area contributed by atoms with Crippen LogP contribution in [0.15, 0.2) is 15.3 Å². The van der Waals surface area contributed by atoms with Crippen molar-refractivity contribution >= 4 is 70.3 Å². The Bertz CT molecular complexity index is 1410. The normalized spacial score (nSPS) is 29.7. The van der Waals surface area contributed by atoms with Crippen LogP contribution >= 0.6 is 35.3 Å². The van der Waals surface area contributed by atoms with Crippen LogP contribution in [-0.4, -0.2) is 130 Å². The summed E-state index contributed by atoms with van der Waals surface area (Å²) in [5.41, 5.74) is 0.219. The molecule has 3 fully saturated rings. The first kappa shape index (κ1) is 37.1. The largest absolute Gasteiger partial charge is 0.302 e. The Hall–Kier alpha value is -0.720. The van der Waals surface area contributed by atoms with Crippen molar-refractivity contribution in [1.29, 1.82) is 0 Å². The molecule has 0 aromatic carbocycles. The van der Waals surface area contributed by atoms with Crippen molar-refractivity contribution in [2.45, 2.75) is 84.9 Å². The van der Waals surface area contributed by atoms with Gasteiger partial charge in [0.1, 0.15) is 37.1 Å². The maximum atomic E-state index is 11.7. The summed E-state index contributed by atoms with van der Waals surface area (Å²) in [4.78, 5) is 2.38. The molecule has 3 atom stereocenters. The van der Waals surface area contributed by atoms with Crippen LogP contribution in [0.4, 0.5) is 0 Å². The van der Waals surface area contributed by atoms with E-state index in [4.69, 9.17) is 5.10 Å². The molecule has 3 unspecified atom stereocenters. The molecule has 6 aliphatic heterocycles. The maximum absolute atomic E-state index is 11.7. The topological polar surface area (TPSA) is 122 Å². The maximum Gasteiger partial charge on any atom is 0.233 e. The summed E-state index contributed by atoms with van der Waals surface area (Å²) in [6.45, 7) is 23.2. The molecule has 3 saturated heterocycles. The monoisotopic (exact) mass is 724 g/mol. The van der Waals surface area contributed by atoms with Gasteiger partial charge in [0, 0.05) is 42.9 Å². The van der Waals surface area contributed by atoms with Gasteiger partial charge >= 0.3 is 0 Å². The fourth-order valence-electron chi connectivity index (χ4n) is 4.83. The lowest BCUT2D eigenvalue weighted by Crippen LogP contribution is -2.49. The van der Waals surface area contributed by atoms with Gasteiger partial charge in [-0.3, -0.25) is 15.0 Å². The number of thioether (sulfide) groups is 3. The smallest absolute Gasteiger partial charge is 0.233 e. The van der Waals surface area contributed by atoms with E-state index in [1.54, 1.807) is 40.6 Å². The number of sulfone groups is 1. The Kier molecular flexibility index (Phi) is 11.0. The molecule has 45 heavy (non-hydrogen) atoms. The summed E-state index contributed by atoms with van der Waals surface area (Å²) >= 11 is 5.33. The molecule has 6 rings (SSSR count). The molecule has 0 N–H and O–H groups in total. The molecular formula is C28H52N8O4S5. The van der Waals surface area contributed by atoms with E-state index in [2.05, 4.69) is 89.5 Å². The van der Waals surface area contributed by atoms with Crippen molar-refractivity contribution in [1.82, 2.24) is 24.2 Å². The third-order valence-corrected chi connectivity index (χ3v) is 15.7. The molecule has 0 radical (unpaired) electrons. The SMILES string of the molecule is CC(C)(C)C1=NN2CS(=O)(=O)CCC2S1.CN1CC2SC(C(C)(C)C)=NN2CS1(=O)=O.CN1CCN2N=C(C(C)(C)C)SC2C1. The van der Waals surface area contributed by atoms with Crippen molar-refractivity contribution in [2.75, 3.05) is 57.8 Å². The minimum atomic E-state index is -3.15. The molecule has 0 aliphatic carbocycles. The average Bonchev–Trinajstić information content (AvgIpc) is 3.59. The number of hydrazone groups is 3. The predicted molar refractivity (Wildman–Crippen MR) is 192 cm³/mol. The second kappa shape index (κ2) is 13.3. The van der Waals surface area contributed by atoms with Crippen LogP contribution in [0.25, 0.3) is 0 Å². The molecule has 0 aromatic heterocycles. The fraction of sp³-hybridized carbons (Fsp3) is 0.893. The lowest BCUT2D eigenvalue weighted by atomic mass is 9.99. The fourth-order valence-corrected chi connectivity index (χ4v) is 11.7. The third-order valence-electron chi connectivity index (χ3n) is 7.69. The van der Waals surface area contributed by atoms with Crippen LogP contribution in [0.3, 0.4) is 0 Å². The van der Waals surface area contributed by atoms with Crippen LogP contribution in [0.5, 0.6) is 0 Å². The van der Waals surface area contributed by atoms with E-state index in [0.29, 0.717) is 24.1 Å². The number of fused-ring (bicyclic) bond motifs is 3. The average molecular weight is 725 g/mol. The van der Waals surface area contributed by atoms with Crippen molar-refractivity contribution in [3.05, 3.63) is 0 Å². The van der Waals surface area contributed by atoms with Crippen LogP contribution in [0, 0.1) is 16.2 Å². The van der Waals surface area contributed by atoms with E-state index in [-0.39, 0.29) is 38.7 Å². The first-order valence-electron chi connectivity index (χ1n) is 15.3. The van der Waals surface area contributed by atoms with Gasteiger partial charge in [0.15, 0.2) is 15.7 Å². The van der Waals surface area contributed by atoms with Gasteiger partial charge in [0.25, 0.3) is 0 Å². The van der Waals surface area contributed by atoms with Gasteiger partial charge in [-0.1, -0.05) is 97.6 Å². The zero-order chi connectivity index (χ0) is 33.8. The zero-order valence-corrected chi connectivity index (χ0v) is 32.7. The van der Waals surface area contributed by atoms with E-state index in [9.17, 15) is 16.8 Å². The van der Waals surface area contributed by atoms with Crippen LogP contribution in [0.1, 0.15) is 68.7 Å². The van der Waals surface area contributed by atoms with Crippen LogP contribution < -0.4 is 0 Å². The van der Waals surface area contributed by atoms with Gasteiger partial charge in [-0.15, -0.1) is 0 Å². The van der Waals surface area contributed by atoms with Crippen molar-refractivity contribution in [2.24, 2.45) is 31.5 Å². The summed E-state index contributed by atoms with van der Waals surface area (Å²) in [6, 6.07) is 0. The molecule has 258 valence electrons. The second-order valence-electron chi connectivity index (χ2n) is 15.4. The number of likely N-dealkylation sites (N-methyl/N-ethyl adjacent to an activating group) is 2. The first-order valence-corrected chi connectivity index (χ1v) is 21.4. The van der Waals surface area contributed by atoms with E-state index in [1.165, 1.54) is 9.35 Å². The molecule has 0 amide bonds. The van der Waals surface area contributed by atoms with Crippen molar-refractivity contribution < 1.29 is 16.8 Å². The number of piperazine rings is 1. The number of hydrogen-bond acceptors (Lipinski definition) is 14. The van der Waals surface area contributed by atoms with E-state index < -0.39 is 19.9 Å². The summed E-state index contributed by atoms with van der Waals surface area (Å²) < 4.78 is 47.7. The molecule has 0 aromatic rings. The number of nitrogens with zero attached hydrogens (tertiary/aromatic N) is 8. The van der Waals surface area contributed by atoms with Crippen LogP contribution in [-0.2, 0) is 19.9 Å². The minimum absolute atomic E-state index is 0.000741. The lowest BCUT2D eigenvalue weighted by molar-refractivity contribution is 0.144. The highest BCUT2D eigenvalue weighted by Gasteiger charge is 2.42. The van der Waals surface area contributed by atoms with Gasteiger partial charge < -0.3 is 4.90 Å². The molecule has 0 saturated carbocycles. The van der Waals surface area contributed by atoms with Gasteiger partial charge in [0.2, 0.25) is 10.0 Å². The predicted octanol–water partition coefficient (Wildman–Crippen LogP) is 4.12. The zero-order valence-electron chi connectivity index (χ0n) is 28.6. The minimum Gasteiger partial charge on any atom is -0.302 e. The highest BCUT2D eigenvalue weighted by molar-refractivity contribution is 8.15. The number of rotatable bonds is 0. The van der Waals surface area contributed by atoms with Gasteiger partial charge in [-0.05, 0) is 13.5 Å². The highest BCUT2D eigenvalue weighted by atomic mass is 32.2. The molecule has 12 nitrogen and oxygen atoms in total. The standard InChI is InChI=1S/C10H19N3S.C9H17N3O2S2.C9H16N2O2S2/c1-10(2,3)9-11-13-6-5-12(4)7-8(13)14-9;1-9(2,3)8-10-12-6-16(13,14)11(4)5-7(12)15-8;1-9(2,3)8-10-11-6-15(12,13)5-4-7(11)14-8/h8H,5-7H2,1-4H3;7H,5-6H2,1-4H3;7H,4-6H2,1-3H3. The summed E-state index contributed by atoms with van der Waals surface area (Å²) in [5.74, 6) is 0.388. The van der Waals surface area contributed by atoms with E-state index >= 15 is 0 Å². The lowest BCUT2D eigenvalue weighted by Gasteiger charge is -2.33. The van der Waals surface area contributed by atoms with Crippen LogP contribution in [0.2, 0.25) is 0 Å². The molecule has 0 spiro atoms. The Morgan fingerprint density at radius 1 is 0.622 bits per heavy atom. The van der Waals surface area contributed by atoms with E-state index in [1.807, 2.05) is 11.8 Å². The summed E-state index contributed by atoms with van der Waals surface area (Å²) in [7, 11) is -2.23.